The number of phenolic OH excluding ortho intramolecular Hbond substituents is 1. The maximum Gasteiger partial charge on any atom is 0.320 e. The van der Waals surface area contributed by atoms with Gasteiger partial charge in [-0.25, -0.2) is 0 Å². The first-order chi connectivity index (χ1) is 7.90. The molecule has 0 saturated heterocycles. The van der Waals surface area contributed by atoms with Crippen LogP contribution in [-0.2, 0) is 11.2 Å². The highest BCUT2D eigenvalue weighted by Crippen LogP contribution is 2.23. The van der Waals surface area contributed by atoms with Crippen LogP contribution in [0.25, 0.3) is 10.9 Å². The summed E-state index contributed by atoms with van der Waals surface area (Å²) in [6.45, 7) is 0. The number of nitrogens with two attached hydrogens (primary N) is 1. The third-order valence-electron chi connectivity index (χ3n) is 2.41. The van der Waals surface area contributed by atoms with Crippen molar-refractivity contribution in [2.75, 3.05) is 0 Å². The molecule has 16 heavy (non-hydrogen) atoms. The largest absolute Gasteiger partial charge is 0.508 e. The first kappa shape index (κ1) is 9.23. The molecule has 0 radical (unpaired) electrons. The van der Waals surface area contributed by atoms with Gasteiger partial charge in [0.25, 0.3) is 0 Å². The molecular formula is C11H12N2O3. The fourth-order valence-electron chi connectivity index (χ4n) is 1.59. The second-order valence-corrected chi connectivity index (χ2v) is 3.55. The Morgan fingerprint density at radius 1 is 1.62 bits per heavy atom. The summed E-state index contributed by atoms with van der Waals surface area (Å²) in [4.78, 5) is 13.7. The first-order valence-electron chi connectivity index (χ1n) is 5.21. The highest BCUT2D eigenvalue weighted by Gasteiger charge is 2.14. The Bertz CT molecular complexity index is 577. The summed E-state index contributed by atoms with van der Waals surface area (Å²) < 4.78 is 7.49. The predicted octanol–water partition coefficient (Wildman–Crippen LogP) is 0.828. The Hall–Kier alpha value is -2.01. The van der Waals surface area contributed by atoms with Gasteiger partial charge in [0.2, 0.25) is 0 Å². The van der Waals surface area contributed by atoms with E-state index in [0.717, 1.165) is 5.52 Å². The van der Waals surface area contributed by atoms with E-state index in [2.05, 4.69) is 4.98 Å². The zero-order valence-electron chi connectivity index (χ0n) is 9.40. The van der Waals surface area contributed by atoms with Gasteiger partial charge in [0.05, 0.1) is 1.37 Å². The molecule has 1 atom stereocenters. The predicted molar refractivity (Wildman–Crippen MR) is 59.3 cm³/mol. The number of fused-ring (bicyclic) bond motifs is 1. The molecule has 5 heteroatoms. The Balaban J connectivity index is 2.43. The fraction of sp³-hybridized carbons (Fsp3) is 0.182. The van der Waals surface area contributed by atoms with Crippen LogP contribution in [0.1, 0.15) is 6.93 Å². The number of carboxylic acids is 1. The highest BCUT2D eigenvalue weighted by molar-refractivity contribution is 5.85. The van der Waals surface area contributed by atoms with E-state index in [0.29, 0.717) is 10.9 Å². The normalized spacial score (nSPS) is 15.7. The van der Waals surface area contributed by atoms with Gasteiger partial charge >= 0.3 is 5.97 Å². The summed E-state index contributed by atoms with van der Waals surface area (Å²) in [5.74, 6) is -1.30. The van der Waals surface area contributed by atoms with Gasteiger partial charge in [0, 0.05) is 23.5 Å². The van der Waals surface area contributed by atoms with Crippen molar-refractivity contribution in [2.24, 2.45) is 5.73 Å². The molecule has 5 N–H and O–H groups in total. The number of nitrogens with one attached hydrogen (secondary N) is 1. The third-order valence-corrected chi connectivity index (χ3v) is 2.41. The van der Waals surface area contributed by atoms with Crippen molar-refractivity contribution in [2.45, 2.75) is 12.4 Å². The molecule has 0 unspecified atom stereocenters. The summed E-state index contributed by atoms with van der Waals surface area (Å²) in [5, 5.41) is 18.8. The van der Waals surface area contributed by atoms with Crippen molar-refractivity contribution in [3.05, 3.63) is 30.0 Å². The topological polar surface area (TPSA) is 99.3 Å². The summed E-state index contributed by atoms with van der Waals surface area (Å²) in [6, 6.07) is 2.65. The minimum Gasteiger partial charge on any atom is -0.508 e. The molecule has 0 amide bonds. The van der Waals surface area contributed by atoms with Gasteiger partial charge in [0.15, 0.2) is 0 Å². The summed E-state index contributed by atoms with van der Waals surface area (Å²) >= 11 is 0. The third kappa shape index (κ3) is 1.85. The maximum absolute atomic E-state index is 10.8. The van der Waals surface area contributed by atoms with Crippen LogP contribution < -0.4 is 5.73 Å². The van der Waals surface area contributed by atoms with E-state index < -0.39 is 12.0 Å². The van der Waals surface area contributed by atoms with Crippen LogP contribution in [0, 0.1) is 0 Å². The Morgan fingerprint density at radius 2 is 2.38 bits per heavy atom. The number of hydrogen-bond acceptors (Lipinski definition) is 3. The molecule has 0 saturated carbocycles. The smallest absolute Gasteiger partial charge is 0.320 e. The van der Waals surface area contributed by atoms with Crippen LogP contribution in [0.4, 0.5) is 0 Å². The number of aromatic amines is 1. The van der Waals surface area contributed by atoms with Crippen LogP contribution in [0.15, 0.2) is 24.4 Å². The number of aromatic hydroxyl groups is 1. The lowest BCUT2D eigenvalue weighted by Crippen LogP contribution is -2.32. The number of aliphatic carboxylic acids is 1. The van der Waals surface area contributed by atoms with Crippen molar-refractivity contribution in [3.8, 4) is 5.75 Å². The molecule has 5 nitrogen and oxygen atoms in total. The zero-order chi connectivity index (χ0) is 12.6. The van der Waals surface area contributed by atoms with Gasteiger partial charge in [0.1, 0.15) is 11.8 Å². The monoisotopic (exact) mass is 222 g/mol. The lowest BCUT2D eigenvalue weighted by Gasteiger charge is -2.04. The van der Waals surface area contributed by atoms with E-state index in [4.69, 9.17) is 12.2 Å². The minimum absolute atomic E-state index is 0.0845. The number of rotatable bonds is 3. The molecule has 0 fully saturated rings. The number of benzene rings is 1. The molecule has 0 aliphatic rings. The quantitative estimate of drug-likeness (QED) is 0.618. The van der Waals surface area contributed by atoms with Crippen molar-refractivity contribution in [1.29, 1.82) is 0 Å². The highest BCUT2D eigenvalue weighted by atomic mass is 16.4. The van der Waals surface area contributed by atoms with E-state index >= 15 is 0 Å². The SMILES string of the molecule is [3H][C@](N)(Cc1c[nH]c2ccc(O)cc12)C(=O)O. The molecule has 2 aromatic rings. The number of H-pyrrole nitrogens is 1. The minimum atomic E-state index is -2.07. The number of carbonyl (C=O) groups is 1. The van der Waals surface area contributed by atoms with E-state index in [9.17, 15) is 9.90 Å². The van der Waals surface area contributed by atoms with Gasteiger partial charge in [-0.3, -0.25) is 4.79 Å². The number of phenols is 1. The van der Waals surface area contributed by atoms with Gasteiger partial charge < -0.3 is 20.9 Å². The fourth-order valence-corrected chi connectivity index (χ4v) is 1.59. The molecule has 1 heterocycles. The second kappa shape index (κ2) is 3.86. The summed E-state index contributed by atoms with van der Waals surface area (Å²) in [5.41, 5.74) is 6.73. The number of hydrogen-bond donors (Lipinski definition) is 4. The van der Waals surface area contributed by atoms with Gasteiger partial charge in [-0.1, -0.05) is 0 Å². The molecule has 2 rings (SSSR count). The van der Waals surface area contributed by atoms with Crippen LogP contribution in [0.3, 0.4) is 0 Å². The first-order valence-corrected chi connectivity index (χ1v) is 4.71. The molecule has 0 bridgehead atoms. The number of carboxylic acid groups (broad SMARTS) is 1. The molecule has 0 aliphatic carbocycles. The van der Waals surface area contributed by atoms with Crippen molar-refractivity contribution in [3.63, 3.8) is 0 Å². The van der Waals surface area contributed by atoms with Gasteiger partial charge in [-0.15, -0.1) is 0 Å². The van der Waals surface area contributed by atoms with Crippen LogP contribution in [0.5, 0.6) is 5.75 Å². The molecule has 84 valence electrons. The van der Waals surface area contributed by atoms with E-state index in [1.165, 1.54) is 12.1 Å². The van der Waals surface area contributed by atoms with Crippen molar-refractivity contribution in [1.82, 2.24) is 4.98 Å². The van der Waals surface area contributed by atoms with Crippen LogP contribution >= 0.6 is 0 Å². The maximum atomic E-state index is 10.8. The standard InChI is InChI=1S/C11H12N2O3/c12-9(11(15)16)3-6-5-13-10-2-1-7(14)4-8(6)10/h1-2,4-5,9,13-14H,3,12H2,(H,15,16)/t9-/m0/s1/i9T. The average Bonchev–Trinajstić information content (AvgIpc) is 2.60. The van der Waals surface area contributed by atoms with Gasteiger partial charge in [-0.2, -0.15) is 0 Å². The lowest BCUT2D eigenvalue weighted by atomic mass is 10.1. The Kier molecular flexibility index (Phi) is 2.23. The molecular weight excluding hydrogens is 208 g/mol. The molecule has 0 spiro atoms. The van der Waals surface area contributed by atoms with Crippen LogP contribution in [-0.4, -0.2) is 27.2 Å². The average molecular weight is 222 g/mol. The summed E-state index contributed by atoms with van der Waals surface area (Å²) in [7, 11) is 0. The Morgan fingerprint density at radius 3 is 3.06 bits per heavy atom. The van der Waals surface area contributed by atoms with E-state index in [-0.39, 0.29) is 12.2 Å². The van der Waals surface area contributed by atoms with E-state index in [1.807, 2.05) is 0 Å². The molecule has 1 aromatic carbocycles. The summed E-state index contributed by atoms with van der Waals surface area (Å²) in [6.07, 6.45) is 1.47. The molecule has 1 aromatic heterocycles. The lowest BCUT2D eigenvalue weighted by molar-refractivity contribution is -0.138. The zero-order valence-corrected chi connectivity index (χ0v) is 8.40. The Labute approximate surface area is 92.9 Å². The second-order valence-electron chi connectivity index (χ2n) is 3.55. The molecule has 0 aliphatic heterocycles. The number of aromatic nitrogens is 1. The van der Waals surface area contributed by atoms with Crippen molar-refractivity contribution >= 4 is 16.9 Å². The van der Waals surface area contributed by atoms with Gasteiger partial charge in [-0.05, 0) is 23.8 Å². The van der Waals surface area contributed by atoms with Crippen LogP contribution in [0.2, 0.25) is 0 Å². The van der Waals surface area contributed by atoms with E-state index in [1.54, 1.807) is 12.3 Å². The van der Waals surface area contributed by atoms with Crippen molar-refractivity contribution < 1.29 is 16.4 Å².